The van der Waals surface area contributed by atoms with Gasteiger partial charge in [0.15, 0.2) is 5.65 Å². The quantitative estimate of drug-likeness (QED) is 0.388. The summed E-state index contributed by atoms with van der Waals surface area (Å²) in [5, 5.41) is 9.93. The topological polar surface area (TPSA) is 67.4 Å². The summed E-state index contributed by atoms with van der Waals surface area (Å²) in [6.45, 7) is 4.79. The maximum absolute atomic E-state index is 9.03. The van der Waals surface area contributed by atoms with E-state index in [4.69, 9.17) is 5.26 Å². The van der Waals surface area contributed by atoms with E-state index in [0.29, 0.717) is 0 Å². The highest BCUT2D eigenvalue weighted by molar-refractivity contribution is 7.99. The fourth-order valence-electron chi connectivity index (χ4n) is 4.28. The third kappa shape index (κ3) is 4.69. The second-order valence-electron chi connectivity index (χ2n) is 8.42. The molecular weight excluding hydrogens is 426 g/mol. The van der Waals surface area contributed by atoms with Crippen LogP contribution >= 0.6 is 11.8 Å². The first kappa shape index (κ1) is 21.4. The van der Waals surface area contributed by atoms with Crippen LogP contribution in [0.15, 0.2) is 100 Å². The van der Waals surface area contributed by atoms with Gasteiger partial charge in [-0.3, -0.25) is 0 Å². The lowest BCUT2D eigenvalue weighted by Crippen LogP contribution is -2.07. The number of rotatable bonds is 6. The van der Waals surface area contributed by atoms with E-state index in [1.807, 2.05) is 12.4 Å². The van der Waals surface area contributed by atoms with Crippen molar-refractivity contribution >= 4 is 22.9 Å². The molecule has 3 aliphatic carbocycles. The molecule has 164 valence electrons. The molecule has 2 aromatic rings. The Morgan fingerprint density at radius 2 is 1.97 bits per heavy atom. The van der Waals surface area contributed by atoms with Crippen molar-refractivity contribution in [3.05, 3.63) is 95.2 Å². The fraction of sp³-hybridized carbons (Fsp3) is 0.259. The normalized spacial score (nSPS) is 18.3. The third-order valence-electron chi connectivity index (χ3n) is 6.13. The van der Waals surface area contributed by atoms with Crippen LogP contribution < -0.4 is 0 Å². The number of thioether (sulfide) groups is 1. The van der Waals surface area contributed by atoms with Gasteiger partial charge in [0.05, 0.1) is 18.9 Å². The number of aromatic nitrogens is 4. The molecule has 0 bridgehead atoms. The van der Waals surface area contributed by atoms with Crippen molar-refractivity contribution in [3.8, 4) is 6.07 Å². The summed E-state index contributed by atoms with van der Waals surface area (Å²) in [4.78, 5) is 13.7. The van der Waals surface area contributed by atoms with Gasteiger partial charge in [0.25, 0.3) is 0 Å². The van der Waals surface area contributed by atoms with Crippen LogP contribution in [-0.2, 0) is 6.54 Å². The molecule has 33 heavy (non-hydrogen) atoms. The van der Waals surface area contributed by atoms with Gasteiger partial charge >= 0.3 is 0 Å². The predicted octanol–water partition coefficient (Wildman–Crippen LogP) is 6.18. The van der Waals surface area contributed by atoms with Crippen molar-refractivity contribution in [1.29, 1.82) is 5.26 Å². The molecular formula is C27H25N5S. The number of hydrogen-bond donors (Lipinski definition) is 0. The van der Waals surface area contributed by atoms with Gasteiger partial charge < -0.3 is 4.57 Å². The van der Waals surface area contributed by atoms with Gasteiger partial charge in [-0.05, 0) is 54.9 Å². The first-order valence-electron chi connectivity index (χ1n) is 11.2. The summed E-state index contributed by atoms with van der Waals surface area (Å²) < 4.78 is 2.12. The minimum Gasteiger partial charge on any atom is -0.311 e. The Morgan fingerprint density at radius 3 is 2.76 bits per heavy atom. The lowest BCUT2D eigenvalue weighted by molar-refractivity contribution is 0.788. The molecule has 0 amide bonds. The third-order valence-corrected chi connectivity index (χ3v) is 7.21. The number of nitriles is 1. The van der Waals surface area contributed by atoms with Crippen molar-refractivity contribution in [2.24, 2.45) is 0 Å². The van der Waals surface area contributed by atoms with E-state index in [0.717, 1.165) is 71.7 Å². The molecule has 0 N–H and O–H groups in total. The molecule has 0 aromatic carbocycles. The number of imidazole rings is 1. The molecule has 0 radical (unpaired) electrons. The van der Waals surface area contributed by atoms with Gasteiger partial charge in [0, 0.05) is 11.3 Å². The Morgan fingerprint density at radius 1 is 1.06 bits per heavy atom. The SMILES string of the molecule is C=C1C=CC(C2=CCCC=C2Cn2cnc3c(SCC4=CC=C(C#N)CC4)ncnc32)=CC1. The van der Waals surface area contributed by atoms with Crippen LogP contribution in [0.4, 0.5) is 0 Å². The Labute approximate surface area is 198 Å². The fourth-order valence-corrected chi connectivity index (χ4v) is 5.25. The minimum absolute atomic E-state index is 0.739. The second kappa shape index (κ2) is 9.60. The number of nitrogens with zero attached hydrogens (tertiary/aromatic N) is 5. The summed E-state index contributed by atoms with van der Waals surface area (Å²) >= 11 is 1.69. The van der Waals surface area contributed by atoms with Crippen molar-refractivity contribution in [3.63, 3.8) is 0 Å². The summed E-state index contributed by atoms with van der Waals surface area (Å²) in [5.74, 6) is 0.845. The van der Waals surface area contributed by atoms with Crippen molar-refractivity contribution in [2.75, 3.05) is 5.75 Å². The molecule has 0 saturated carbocycles. The first-order chi connectivity index (χ1) is 16.2. The lowest BCUT2D eigenvalue weighted by Gasteiger charge is -2.20. The highest BCUT2D eigenvalue weighted by Crippen LogP contribution is 2.32. The summed E-state index contributed by atoms with van der Waals surface area (Å²) in [6.07, 6.45) is 23.5. The van der Waals surface area contributed by atoms with E-state index in [2.05, 4.69) is 68.6 Å². The molecule has 6 heteroatoms. The van der Waals surface area contributed by atoms with Crippen LogP contribution in [0.3, 0.4) is 0 Å². The van der Waals surface area contributed by atoms with Crippen LogP contribution in [0.2, 0.25) is 0 Å². The zero-order valence-electron chi connectivity index (χ0n) is 18.5. The molecule has 2 heterocycles. The van der Waals surface area contributed by atoms with Crippen molar-refractivity contribution in [2.45, 2.75) is 43.7 Å². The second-order valence-corrected chi connectivity index (χ2v) is 9.38. The van der Waals surface area contributed by atoms with E-state index in [1.165, 1.54) is 22.3 Å². The maximum Gasteiger partial charge on any atom is 0.164 e. The zero-order valence-corrected chi connectivity index (χ0v) is 19.3. The van der Waals surface area contributed by atoms with Crippen LogP contribution in [0, 0.1) is 11.3 Å². The van der Waals surface area contributed by atoms with E-state index in [9.17, 15) is 0 Å². The first-order valence-corrected chi connectivity index (χ1v) is 12.2. The molecule has 0 unspecified atom stereocenters. The van der Waals surface area contributed by atoms with Crippen LogP contribution in [0.25, 0.3) is 11.2 Å². The standard InChI is InChI=1S/C27H25N5S/c1-19-6-12-22(13-7-19)24-5-3-2-4-23(24)15-32-18-31-25-26(32)29-17-30-27(25)33-16-21-10-8-20(14-28)9-11-21/h4-6,8,10,12-13,17-18H,1-3,7,9,11,15-16H2. The number of hydrogen-bond acceptors (Lipinski definition) is 5. The zero-order chi connectivity index (χ0) is 22.6. The van der Waals surface area contributed by atoms with Crippen LogP contribution in [0.1, 0.15) is 32.1 Å². The van der Waals surface area contributed by atoms with Crippen LogP contribution in [-0.4, -0.2) is 25.3 Å². The van der Waals surface area contributed by atoms with Gasteiger partial charge in [-0.2, -0.15) is 5.26 Å². The average Bonchev–Trinajstić information content (AvgIpc) is 3.27. The number of allylic oxidation sites excluding steroid dienone is 12. The number of fused-ring (bicyclic) bond motifs is 1. The Bertz CT molecular complexity index is 1340. The average molecular weight is 452 g/mol. The van der Waals surface area contributed by atoms with Gasteiger partial charge in [-0.1, -0.05) is 65.9 Å². The van der Waals surface area contributed by atoms with Crippen LogP contribution in [0.5, 0.6) is 0 Å². The van der Waals surface area contributed by atoms with E-state index in [1.54, 1.807) is 18.1 Å². The monoisotopic (exact) mass is 451 g/mol. The molecule has 3 aliphatic rings. The van der Waals surface area contributed by atoms with Crippen molar-refractivity contribution < 1.29 is 0 Å². The molecule has 5 nitrogen and oxygen atoms in total. The van der Waals surface area contributed by atoms with Gasteiger partial charge in [0.1, 0.15) is 16.9 Å². The van der Waals surface area contributed by atoms with Gasteiger partial charge in [-0.15, -0.1) is 0 Å². The lowest BCUT2D eigenvalue weighted by atomic mass is 9.88. The Kier molecular flexibility index (Phi) is 6.23. The molecule has 0 atom stereocenters. The van der Waals surface area contributed by atoms with E-state index < -0.39 is 0 Å². The van der Waals surface area contributed by atoms with E-state index >= 15 is 0 Å². The highest BCUT2D eigenvalue weighted by Gasteiger charge is 2.17. The van der Waals surface area contributed by atoms with Gasteiger partial charge in [0.2, 0.25) is 0 Å². The molecule has 5 rings (SSSR count). The smallest absolute Gasteiger partial charge is 0.164 e. The minimum atomic E-state index is 0.739. The van der Waals surface area contributed by atoms with Crippen molar-refractivity contribution in [1.82, 2.24) is 19.5 Å². The molecule has 0 spiro atoms. The summed E-state index contributed by atoms with van der Waals surface area (Å²) in [6, 6.07) is 2.24. The summed E-state index contributed by atoms with van der Waals surface area (Å²) in [7, 11) is 0. The highest BCUT2D eigenvalue weighted by atomic mass is 32.2. The Hall–Kier alpha value is -3.43. The molecule has 0 fully saturated rings. The van der Waals surface area contributed by atoms with E-state index in [-0.39, 0.29) is 0 Å². The molecule has 0 saturated heterocycles. The van der Waals surface area contributed by atoms with Gasteiger partial charge in [-0.25, -0.2) is 15.0 Å². The largest absolute Gasteiger partial charge is 0.311 e. The summed E-state index contributed by atoms with van der Waals surface area (Å²) in [5.41, 5.74) is 8.93. The molecule has 0 aliphatic heterocycles. The maximum atomic E-state index is 9.03. The Balaban J connectivity index is 1.34. The predicted molar refractivity (Wildman–Crippen MR) is 133 cm³/mol. The molecule has 2 aromatic heterocycles.